The number of para-hydroxylation sites is 1. The number of hydrogen-bond acceptors (Lipinski definition) is 6. The summed E-state index contributed by atoms with van der Waals surface area (Å²) >= 11 is 0. The first-order chi connectivity index (χ1) is 15.9. The second-order valence-electron chi connectivity index (χ2n) is 8.76. The maximum Gasteiger partial charge on any atom is 0.271 e. The van der Waals surface area contributed by atoms with Gasteiger partial charge in [-0.25, -0.2) is 8.42 Å². The van der Waals surface area contributed by atoms with Crippen LogP contribution >= 0.6 is 0 Å². The highest BCUT2D eigenvalue weighted by molar-refractivity contribution is 7.92. The van der Waals surface area contributed by atoms with Crippen molar-refractivity contribution in [1.29, 1.82) is 0 Å². The zero-order chi connectivity index (χ0) is 25.3. The molecular formula is C24H31N3O6S. The predicted molar refractivity (Wildman–Crippen MR) is 131 cm³/mol. The van der Waals surface area contributed by atoms with Gasteiger partial charge in [0.15, 0.2) is 0 Å². The molecule has 0 fully saturated rings. The number of nitro benzene ring substituents is 1. The van der Waals surface area contributed by atoms with Gasteiger partial charge in [-0.3, -0.25) is 19.2 Å². The summed E-state index contributed by atoms with van der Waals surface area (Å²) in [5.74, 6) is 0.198. The van der Waals surface area contributed by atoms with Gasteiger partial charge < -0.3 is 10.1 Å². The number of non-ortho nitro benzene ring substituents is 1. The van der Waals surface area contributed by atoms with Gasteiger partial charge in [0.05, 0.1) is 22.9 Å². The number of sulfonamides is 1. The van der Waals surface area contributed by atoms with Gasteiger partial charge in [-0.05, 0) is 38.3 Å². The Balaban J connectivity index is 1.97. The van der Waals surface area contributed by atoms with Crippen LogP contribution in [0.5, 0.6) is 5.75 Å². The Morgan fingerprint density at radius 3 is 2.50 bits per heavy atom. The minimum Gasteiger partial charge on any atom is -0.487 e. The van der Waals surface area contributed by atoms with Crippen LogP contribution in [0, 0.1) is 17.0 Å². The third kappa shape index (κ3) is 5.01. The molecule has 3 rings (SSSR count). The molecule has 0 aromatic heterocycles. The third-order valence-corrected chi connectivity index (χ3v) is 7.76. The van der Waals surface area contributed by atoms with Crippen LogP contribution in [-0.4, -0.2) is 37.1 Å². The fourth-order valence-corrected chi connectivity index (χ4v) is 5.68. The van der Waals surface area contributed by atoms with Crippen molar-refractivity contribution in [2.24, 2.45) is 0 Å². The number of nitrogens with one attached hydrogen (secondary N) is 1. The first-order valence-electron chi connectivity index (χ1n) is 11.2. The smallest absolute Gasteiger partial charge is 0.271 e. The second kappa shape index (κ2) is 9.61. The molecule has 2 aromatic rings. The van der Waals surface area contributed by atoms with Crippen molar-refractivity contribution in [2.45, 2.75) is 64.6 Å². The van der Waals surface area contributed by atoms with Gasteiger partial charge in [-0.2, -0.15) is 0 Å². The molecule has 2 atom stereocenters. The van der Waals surface area contributed by atoms with Crippen LogP contribution in [0.25, 0.3) is 0 Å². The summed E-state index contributed by atoms with van der Waals surface area (Å²) in [4.78, 5) is 24.1. The zero-order valence-electron chi connectivity index (χ0n) is 20.1. The maximum atomic E-state index is 13.4. The number of nitrogens with zero attached hydrogens (tertiary/aromatic N) is 2. The van der Waals surface area contributed by atoms with Gasteiger partial charge in [0.25, 0.3) is 5.69 Å². The summed E-state index contributed by atoms with van der Waals surface area (Å²) in [6, 6.07) is 9.95. The number of anilines is 1. The normalized spacial score (nSPS) is 17.7. The average molecular weight is 490 g/mol. The number of amides is 1. The van der Waals surface area contributed by atoms with Crippen molar-refractivity contribution in [3.63, 3.8) is 0 Å². The fraction of sp³-hybridized carbons (Fsp3) is 0.458. The molecule has 0 spiro atoms. The Morgan fingerprint density at radius 2 is 1.91 bits per heavy atom. The number of carbonyl (C=O) groups excluding carboxylic acids is 1. The van der Waals surface area contributed by atoms with E-state index in [1.165, 1.54) is 25.1 Å². The van der Waals surface area contributed by atoms with Gasteiger partial charge in [-0.15, -0.1) is 0 Å². The highest BCUT2D eigenvalue weighted by Crippen LogP contribution is 2.42. The standard InChI is InChI=1S/C24H31N3O6S/c1-6-24(7-2)15-20(19-10-8-9-11-22(19)33-24)25-23(28)17(4)26(34(5,31)32)21-14-18(27(29)30)13-12-16(21)3/h8-14,17,20H,6-7,15H2,1-5H3,(H,25,28)/t17-,20-/m0/s1. The number of fused-ring (bicyclic) bond motifs is 1. The predicted octanol–water partition coefficient (Wildman–Crippen LogP) is 4.26. The quantitative estimate of drug-likeness (QED) is 0.437. The molecule has 34 heavy (non-hydrogen) atoms. The van der Waals surface area contributed by atoms with E-state index >= 15 is 0 Å². The van der Waals surface area contributed by atoms with Crippen LogP contribution in [-0.2, 0) is 14.8 Å². The van der Waals surface area contributed by atoms with Gasteiger partial charge >= 0.3 is 0 Å². The Hall–Kier alpha value is -3.14. The lowest BCUT2D eigenvalue weighted by atomic mass is 9.83. The van der Waals surface area contributed by atoms with Crippen molar-refractivity contribution in [3.8, 4) is 5.75 Å². The van der Waals surface area contributed by atoms with Gasteiger partial charge in [0, 0.05) is 24.1 Å². The van der Waals surface area contributed by atoms with Crippen LogP contribution in [0.4, 0.5) is 11.4 Å². The van der Waals surface area contributed by atoms with Gasteiger partial charge in [-0.1, -0.05) is 38.1 Å². The molecule has 1 heterocycles. The van der Waals surface area contributed by atoms with Gasteiger partial charge in [0.1, 0.15) is 17.4 Å². The van der Waals surface area contributed by atoms with Crippen molar-refractivity contribution >= 4 is 27.3 Å². The van der Waals surface area contributed by atoms with Crippen LogP contribution in [0.3, 0.4) is 0 Å². The summed E-state index contributed by atoms with van der Waals surface area (Å²) in [6.45, 7) is 7.20. The number of nitro groups is 1. The zero-order valence-corrected chi connectivity index (χ0v) is 20.9. The number of ether oxygens (including phenoxy) is 1. The van der Waals surface area contributed by atoms with E-state index in [1.54, 1.807) is 6.92 Å². The maximum absolute atomic E-state index is 13.4. The molecule has 1 aliphatic rings. The second-order valence-corrected chi connectivity index (χ2v) is 10.6. The van der Waals surface area contributed by atoms with Crippen molar-refractivity contribution in [1.82, 2.24) is 5.32 Å². The minimum absolute atomic E-state index is 0.100. The van der Waals surface area contributed by atoms with Crippen LogP contribution in [0.2, 0.25) is 0 Å². The van der Waals surface area contributed by atoms with Crippen LogP contribution < -0.4 is 14.4 Å². The van der Waals surface area contributed by atoms with E-state index in [4.69, 9.17) is 4.74 Å². The van der Waals surface area contributed by atoms with E-state index in [0.29, 0.717) is 17.7 Å². The SMILES string of the molecule is CCC1(CC)C[C@H](NC(=O)[C@H](C)N(c2cc([N+](=O)[O-])ccc2C)S(C)(=O)=O)c2ccccc2O1. The first-order valence-corrected chi connectivity index (χ1v) is 13.1. The molecule has 0 bridgehead atoms. The molecular weight excluding hydrogens is 458 g/mol. The molecule has 184 valence electrons. The van der Waals surface area contributed by atoms with Crippen molar-refractivity contribution in [3.05, 3.63) is 63.7 Å². The summed E-state index contributed by atoms with van der Waals surface area (Å²) < 4.78 is 32.7. The summed E-state index contributed by atoms with van der Waals surface area (Å²) in [5.41, 5.74) is 0.739. The average Bonchev–Trinajstić information content (AvgIpc) is 2.79. The number of carbonyl (C=O) groups is 1. The van der Waals surface area contributed by atoms with E-state index in [-0.39, 0.29) is 17.4 Å². The molecule has 0 saturated heterocycles. The van der Waals surface area contributed by atoms with Gasteiger partial charge in [0.2, 0.25) is 15.9 Å². The van der Waals surface area contributed by atoms with Crippen molar-refractivity contribution < 1.29 is 22.9 Å². The summed E-state index contributed by atoms with van der Waals surface area (Å²) in [6.07, 6.45) is 3.03. The molecule has 1 N–H and O–H groups in total. The third-order valence-electron chi connectivity index (χ3n) is 6.53. The van der Waals surface area contributed by atoms with E-state index in [2.05, 4.69) is 5.32 Å². The molecule has 0 radical (unpaired) electrons. The lowest BCUT2D eigenvalue weighted by Gasteiger charge is -2.42. The molecule has 9 nitrogen and oxygen atoms in total. The van der Waals surface area contributed by atoms with Crippen LogP contribution in [0.1, 0.15) is 57.2 Å². The molecule has 0 saturated carbocycles. The molecule has 2 aromatic carbocycles. The number of hydrogen-bond donors (Lipinski definition) is 1. The lowest BCUT2D eigenvalue weighted by Crippen LogP contribution is -2.51. The van der Waals surface area contributed by atoms with E-state index in [1.807, 2.05) is 38.1 Å². The fourth-order valence-electron chi connectivity index (χ4n) is 4.45. The van der Waals surface area contributed by atoms with Crippen LogP contribution in [0.15, 0.2) is 42.5 Å². The number of aryl methyl sites for hydroxylation is 1. The van der Waals surface area contributed by atoms with E-state index in [0.717, 1.165) is 29.0 Å². The van der Waals surface area contributed by atoms with E-state index in [9.17, 15) is 23.3 Å². The lowest BCUT2D eigenvalue weighted by molar-refractivity contribution is -0.384. The molecule has 10 heteroatoms. The molecule has 0 aliphatic carbocycles. The summed E-state index contributed by atoms with van der Waals surface area (Å²) in [7, 11) is -3.94. The topological polar surface area (TPSA) is 119 Å². The van der Waals surface area contributed by atoms with Crippen molar-refractivity contribution in [2.75, 3.05) is 10.6 Å². The number of benzene rings is 2. The molecule has 1 aliphatic heterocycles. The molecule has 0 unspecified atom stereocenters. The Morgan fingerprint density at radius 1 is 1.26 bits per heavy atom. The highest BCUT2D eigenvalue weighted by atomic mass is 32.2. The summed E-state index contributed by atoms with van der Waals surface area (Å²) in [5, 5.41) is 14.3. The highest BCUT2D eigenvalue weighted by Gasteiger charge is 2.40. The minimum atomic E-state index is -3.94. The Kier molecular flexibility index (Phi) is 7.21. The molecule has 1 amide bonds. The largest absolute Gasteiger partial charge is 0.487 e. The number of rotatable bonds is 8. The Labute approximate surface area is 200 Å². The first kappa shape index (κ1) is 25.5. The van der Waals surface area contributed by atoms with E-state index < -0.39 is 32.5 Å². The monoisotopic (exact) mass is 489 g/mol. The Bertz CT molecular complexity index is 1190.